The Hall–Kier alpha value is -2.29. The van der Waals surface area contributed by atoms with Crippen LogP contribution in [0.3, 0.4) is 0 Å². The smallest absolute Gasteiger partial charge is 0.241 e. The second-order valence-corrected chi connectivity index (χ2v) is 8.58. The fourth-order valence-corrected chi connectivity index (χ4v) is 3.71. The van der Waals surface area contributed by atoms with E-state index in [0.717, 1.165) is 0 Å². The molecule has 0 aliphatic rings. The Morgan fingerprint density at radius 2 is 2.00 bits per heavy atom. The first kappa shape index (κ1) is 20.0. The highest BCUT2D eigenvalue weighted by molar-refractivity contribution is 7.89. The van der Waals surface area contributed by atoms with Crippen LogP contribution in [-0.2, 0) is 16.6 Å². The van der Waals surface area contributed by atoms with Crippen LogP contribution in [0, 0.1) is 6.92 Å². The van der Waals surface area contributed by atoms with Gasteiger partial charge in [-0.25, -0.2) is 13.1 Å². The van der Waals surface area contributed by atoms with Gasteiger partial charge in [0, 0.05) is 29.1 Å². The number of hydrogen-bond donors (Lipinski definition) is 3. The molecule has 0 bridgehead atoms. The Bertz CT molecular complexity index is 932. The van der Waals surface area contributed by atoms with Gasteiger partial charge in [-0.3, -0.25) is 9.98 Å². The molecule has 0 atom stereocenters. The third kappa shape index (κ3) is 4.87. The van der Waals surface area contributed by atoms with Crippen molar-refractivity contribution in [3.63, 3.8) is 0 Å². The van der Waals surface area contributed by atoms with Crippen LogP contribution in [0.15, 0.2) is 40.4 Å². The lowest BCUT2D eigenvalue weighted by atomic mass is 10.1. The highest BCUT2D eigenvalue weighted by Crippen LogP contribution is 2.24. The van der Waals surface area contributed by atoms with Crippen LogP contribution in [0.1, 0.15) is 37.6 Å². The second-order valence-electron chi connectivity index (χ2n) is 6.90. The lowest BCUT2D eigenvalue weighted by Crippen LogP contribution is -2.40. The first-order chi connectivity index (χ1) is 12.0. The third-order valence-electron chi connectivity index (χ3n) is 3.44. The minimum absolute atomic E-state index is 0.0709. The highest BCUT2D eigenvalue weighted by Gasteiger charge is 2.22. The van der Waals surface area contributed by atoms with Crippen molar-refractivity contribution in [2.75, 3.05) is 0 Å². The molecule has 0 amide bonds. The molecule has 1 aromatic carbocycles. The van der Waals surface area contributed by atoms with E-state index in [4.69, 9.17) is 0 Å². The van der Waals surface area contributed by atoms with E-state index in [1.165, 1.54) is 24.5 Å². The number of nitrogens with one attached hydrogen (secondary N) is 1. The summed E-state index contributed by atoms with van der Waals surface area (Å²) in [6.45, 7) is 6.62. The van der Waals surface area contributed by atoms with Crippen molar-refractivity contribution in [2.24, 2.45) is 4.99 Å². The molecule has 7 nitrogen and oxygen atoms in total. The van der Waals surface area contributed by atoms with Gasteiger partial charge in [-0.1, -0.05) is 6.07 Å². The average molecular weight is 377 g/mol. The van der Waals surface area contributed by atoms with Crippen molar-refractivity contribution >= 4 is 21.9 Å². The quantitative estimate of drug-likeness (QED) is 0.693. The van der Waals surface area contributed by atoms with Crippen LogP contribution in [-0.4, -0.2) is 35.4 Å². The van der Waals surface area contributed by atoms with Gasteiger partial charge in [0.25, 0.3) is 0 Å². The van der Waals surface area contributed by atoms with E-state index >= 15 is 0 Å². The molecule has 0 radical (unpaired) electrons. The summed E-state index contributed by atoms with van der Waals surface area (Å²) in [7, 11) is -3.67. The zero-order valence-electron chi connectivity index (χ0n) is 15.2. The number of aryl methyl sites for hydroxylation is 1. The Balaban J connectivity index is 2.39. The molecule has 3 N–H and O–H groups in total. The van der Waals surface area contributed by atoms with Gasteiger partial charge in [-0.05, 0) is 45.9 Å². The fraction of sp³-hybridized carbons (Fsp3) is 0.333. The van der Waals surface area contributed by atoms with Gasteiger partial charge in [-0.2, -0.15) is 0 Å². The van der Waals surface area contributed by atoms with Gasteiger partial charge in [0.05, 0.1) is 22.9 Å². The molecule has 0 saturated heterocycles. The molecule has 0 saturated carbocycles. The number of aromatic hydroxyl groups is 1. The lowest BCUT2D eigenvalue weighted by molar-refractivity contribution is 0.280. The molecular weight excluding hydrogens is 354 g/mol. The normalized spacial score (nSPS) is 12.7. The van der Waals surface area contributed by atoms with E-state index in [1.54, 1.807) is 39.8 Å². The Morgan fingerprint density at radius 1 is 1.31 bits per heavy atom. The van der Waals surface area contributed by atoms with Crippen LogP contribution in [0.25, 0.3) is 0 Å². The number of rotatable bonds is 5. The summed E-state index contributed by atoms with van der Waals surface area (Å²) in [6, 6.07) is 6.17. The summed E-state index contributed by atoms with van der Waals surface area (Å²) in [4.78, 5) is 8.32. The summed E-state index contributed by atoms with van der Waals surface area (Å²) in [5, 5.41) is 19.5. The summed E-state index contributed by atoms with van der Waals surface area (Å²) < 4.78 is 27.4. The minimum Gasteiger partial charge on any atom is -0.505 e. The average Bonchev–Trinajstić information content (AvgIpc) is 2.54. The van der Waals surface area contributed by atoms with Gasteiger partial charge in [0.1, 0.15) is 5.75 Å². The summed E-state index contributed by atoms with van der Waals surface area (Å²) in [5.74, 6) is -0.0709. The molecule has 1 heterocycles. The highest BCUT2D eigenvalue weighted by atomic mass is 32.2. The molecule has 26 heavy (non-hydrogen) atoms. The molecule has 0 fully saturated rings. The van der Waals surface area contributed by atoms with Crippen molar-refractivity contribution in [3.8, 4) is 5.75 Å². The molecule has 1 aromatic heterocycles. The molecule has 0 spiro atoms. The molecule has 0 aliphatic heterocycles. The Morgan fingerprint density at radius 3 is 2.62 bits per heavy atom. The molecule has 140 valence electrons. The van der Waals surface area contributed by atoms with Gasteiger partial charge in [0.15, 0.2) is 0 Å². The van der Waals surface area contributed by atoms with Crippen LogP contribution >= 0.6 is 0 Å². The zero-order chi connectivity index (χ0) is 19.5. The van der Waals surface area contributed by atoms with Gasteiger partial charge < -0.3 is 10.2 Å². The lowest BCUT2D eigenvalue weighted by Gasteiger charge is -2.20. The summed E-state index contributed by atoms with van der Waals surface area (Å²) in [5.41, 5.74) is 0.985. The van der Waals surface area contributed by atoms with E-state index in [1.807, 2.05) is 0 Å². The third-order valence-corrected chi connectivity index (χ3v) is 5.19. The fourth-order valence-electron chi connectivity index (χ4n) is 2.25. The number of aromatic nitrogens is 1. The summed E-state index contributed by atoms with van der Waals surface area (Å²) in [6.07, 6.45) is 2.85. The van der Waals surface area contributed by atoms with Crippen molar-refractivity contribution in [2.45, 2.75) is 44.7 Å². The van der Waals surface area contributed by atoms with Gasteiger partial charge in [-0.15, -0.1) is 0 Å². The predicted octanol–water partition coefficient (Wildman–Crippen LogP) is 2.42. The molecule has 2 rings (SSSR count). The molecule has 8 heteroatoms. The summed E-state index contributed by atoms with van der Waals surface area (Å²) >= 11 is 0. The topological polar surface area (TPSA) is 112 Å². The van der Waals surface area contributed by atoms with Crippen LogP contribution in [0.4, 0.5) is 5.69 Å². The second kappa shape index (κ2) is 7.53. The number of benzene rings is 1. The first-order valence-electron chi connectivity index (χ1n) is 8.00. The maximum absolute atomic E-state index is 12.4. The number of sulfonamides is 1. The molecule has 0 aliphatic carbocycles. The van der Waals surface area contributed by atoms with E-state index in [9.17, 15) is 18.6 Å². The first-order valence-corrected chi connectivity index (χ1v) is 9.48. The van der Waals surface area contributed by atoms with Crippen molar-refractivity contribution in [1.82, 2.24) is 9.71 Å². The molecule has 2 aromatic rings. The van der Waals surface area contributed by atoms with E-state index in [-0.39, 0.29) is 17.3 Å². The SMILES string of the molecule is Cc1ncc(CO)c(C=Nc2cccc(S(=O)(=O)NC(C)(C)C)c2)c1O. The predicted molar refractivity (Wildman–Crippen MR) is 100 cm³/mol. The van der Waals surface area contributed by atoms with Crippen molar-refractivity contribution in [1.29, 1.82) is 0 Å². The largest absolute Gasteiger partial charge is 0.505 e. The van der Waals surface area contributed by atoms with E-state index in [2.05, 4.69) is 14.7 Å². The number of aliphatic hydroxyl groups is 1. The van der Waals surface area contributed by atoms with Crippen molar-refractivity contribution in [3.05, 3.63) is 47.3 Å². The van der Waals surface area contributed by atoms with Crippen molar-refractivity contribution < 1.29 is 18.6 Å². The monoisotopic (exact) mass is 377 g/mol. The number of aliphatic hydroxyl groups excluding tert-OH is 1. The van der Waals surface area contributed by atoms with E-state index in [0.29, 0.717) is 22.5 Å². The maximum atomic E-state index is 12.4. The Kier molecular flexibility index (Phi) is 5.80. The van der Waals surface area contributed by atoms with Crippen LogP contribution in [0.2, 0.25) is 0 Å². The Labute approximate surface area is 153 Å². The number of aliphatic imine (C=N–C) groups is 1. The maximum Gasteiger partial charge on any atom is 0.241 e. The van der Waals surface area contributed by atoms with Crippen LogP contribution in [0.5, 0.6) is 5.75 Å². The number of nitrogens with zero attached hydrogens (tertiary/aromatic N) is 2. The molecular formula is C18H23N3O4S. The standard InChI is InChI=1S/C18H23N3O4S/c1-12-17(23)16(13(11-22)9-19-12)10-20-14-6-5-7-15(8-14)26(24,25)21-18(2,3)4/h5-10,21-23H,11H2,1-4H3. The minimum atomic E-state index is -3.67. The number of hydrogen-bond acceptors (Lipinski definition) is 6. The molecule has 0 unspecified atom stereocenters. The number of pyridine rings is 1. The van der Waals surface area contributed by atoms with Gasteiger partial charge in [0.2, 0.25) is 10.0 Å². The zero-order valence-corrected chi connectivity index (χ0v) is 16.0. The van der Waals surface area contributed by atoms with Gasteiger partial charge >= 0.3 is 0 Å². The van der Waals surface area contributed by atoms with Crippen LogP contribution < -0.4 is 4.72 Å². The van der Waals surface area contributed by atoms with E-state index < -0.39 is 15.6 Å².